The van der Waals surface area contributed by atoms with E-state index in [1.165, 1.54) is 12.1 Å². The maximum Gasteiger partial charge on any atom is 0.269 e. The van der Waals surface area contributed by atoms with Crippen LogP contribution in [0.1, 0.15) is 38.7 Å². The van der Waals surface area contributed by atoms with Gasteiger partial charge in [0.1, 0.15) is 5.75 Å². The van der Waals surface area contributed by atoms with Crippen molar-refractivity contribution in [3.05, 3.63) is 64.2 Å². The van der Waals surface area contributed by atoms with E-state index in [-0.39, 0.29) is 24.1 Å². The molecule has 0 saturated carbocycles. The van der Waals surface area contributed by atoms with E-state index in [1.807, 2.05) is 45.2 Å². The number of amides is 1. The van der Waals surface area contributed by atoms with E-state index >= 15 is 0 Å². The minimum absolute atomic E-state index is 0.0143. The standard InChI is InChI=1S/C25H33N3O5/c1-19(2)33-23-9-7-21(8-10-23)26(3)14-11-25(30)12-15-27(16-13-25)24(29)18-20-5-4-6-22(17-20)28(31)32/h4-10,17,19,30H,11-16,18H2,1-3H3. The fraction of sp³-hybridized carbons (Fsp3) is 0.480. The molecule has 1 heterocycles. The highest BCUT2D eigenvalue weighted by molar-refractivity contribution is 5.79. The quantitative estimate of drug-likeness (QED) is 0.456. The molecule has 0 aliphatic carbocycles. The molecule has 178 valence electrons. The van der Waals surface area contributed by atoms with Crippen molar-refractivity contribution >= 4 is 17.3 Å². The fourth-order valence-electron chi connectivity index (χ4n) is 4.05. The number of anilines is 1. The molecule has 33 heavy (non-hydrogen) atoms. The van der Waals surface area contributed by atoms with Crippen molar-refractivity contribution in [1.29, 1.82) is 0 Å². The zero-order valence-electron chi connectivity index (χ0n) is 19.6. The predicted molar refractivity (Wildman–Crippen MR) is 128 cm³/mol. The minimum atomic E-state index is -0.808. The topological polar surface area (TPSA) is 96.2 Å². The molecule has 1 aliphatic rings. The first-order chi connectivity index (χ1) is 15.6. The van der Waals surface area contributed by atoms with Gasteiger partial charge in [-0.15, -0.1) is 0 Å². The van der Waals surface area contributed by atoms with Crippen molar-refractivity contribution in [3.8, 4) is 5.75 Å². The lowest BCUT2D eigenvalue weighted by Gasteiger charge is -2.39. The Kier molecular flexibility index (Phi) is 7.92. The molecule has 1 amide bonds. The molecular weight excluding hydrogens is 422 g/mol. The van der Waals surface area contributed by atoms with Crippen LogP contribution in [0.2, 0.25) is 0 Å². The first-order valence-corrected chi connectivity index (χ1v) is 11.4. The SMILES string of the molecule is CC(C)Oc1ccc(N(C)CCC2(O)CCN(C(=O)Cc3cccc([N+](=O)[O-])c3)CC2)cc1. The molecule has 2 aromatic rings. The molecule has 2 aromatic carbocycles. The second-order valence-electron chi connectivity index (χ2n) is 9.04. The summed E-state index contributed by atoms with van der Waals surface area (Å²) in [6.07, 6.45) is 1.90. The van der Waals surface area contributed by atoms with Gasteiger partial charge in [-0.1, -0.05) is 12.1 Å². The first-order valence-electron chi connectivity index (χ1n) is 11.4. The highest BCUT2D eigenvalue weighted by Crippen LogP contribution is 2.28. The van der Waals surface area contributed by atoms with Gasteiger partial charge >= 0.3 is 0 Å². The van der Waals surface area contributed by atoms with Gasteiger partial charge in [-0.2, -0.15) is 0 Å². The van der Waals surface area contributed by atoms with Gasteiger partial charge in [0.25, 0.3) is 5.69 Å². The van der Waals surface area contributed by atoms with Crippen LogP contribution in [0.5, 0.6) is 5.75 Å². The van der Waals surface area contributed by atoms with Gasteiger partial charge in [0.2, 0.25) is 5.91 Å². The van der Waals surface area contributed by atoms with E-state index in [9.17, 15) is 20.0 Å². The number of nitro benzene ring substituents is 1. The lowest BCUT2D eigenvalue weighted by Crippen LogP contribution is -2.48. The largest absolute Gasteiger partial charge is 0.491 e. The molecule has 8 nitrogen and oxygen atoms in total. The number of hydrogen-bond donors (Lipinski definition) is 1. The Morgan fingerprint density at radius 2 is 1.88 bits per heavy atom. The van der Waals surface area contributed by atoms with Gasteiger partial charge in [0, 0.05) is 44.5 Å². The summed E-state index contributed by atoms with van der Waals surface area (Å²) in [5.41, 5.74) is 0.859. The van der Waals surface area contributed by atoms with Crippen molar-refractivity contribution in [2.75, 3.05) is 31.6 Å². The molecule has 8 heteroatoms. The van der Waals surface area contributed by atoms with Gasteiger partial charge in [-0.3, -0.25) is 14.9 Å². The Hall–Kier alpha value is -3.13. The van der Waals surface area contributed by atoms with E-state index < -0.39 is 10.5 Å². The summed E-state index contributed by atoms with van der Waals surface area (Å²) >= 11 is 0. The van der Waals surface area contributed by atoms with Crippen molar-refractivity contribution in [2.24, 2.45) is 0 Å². The predicted octanol–water partition coefficient (Wildman–Crippen LogP) is 3.80. The Bertz CT molecular complexity index is 953. The number of ether oxygens (including phenoxy) is 1. The molecule has 3 rings (SSSR count). The second kappa shape index (κ2) is 10.7. The summed E-state index contributed by atoms with van der Waals surface area (Å²) in [4.78, 5) is 27.0. The molecule has 1 N–H and O–H groups in total. The maximum atomic E-state index is 12.7. The molecular formula is C25H33N3O5. The van der Waals surface area contributed by atoms with Gasteiger partial charge in [-0.05, 0) is 62.9 Å². The lowest BCUT2D eigenvalue weighted by molar-refractivity contribution is -0.384. The van der Waals surface area contributed by atoms with Crippen LogP contribution in [0.3, 0.4) is 0 Å². The summed E-state index contributed by atoms with van der Waals surface area (Å²) in [7, 11) is 2.00. The molecule has 0 radical (unpaired) electrons. The Labute approximate surface area is 194 Å². The zero-order chi connectivity index (χ0) is 24.0. The summed E-state index contributed by atoms with van der Waals surface area (Å²) in [5, 5.41) is 22.0. The number of carbonyl (C=O) groups excluding carboxylic acids is 1. The Balaban J connectivity index is 1.47. The number of aliphatic hydroxyl groups is 1. The summed E-state index contributed by atoms with van der Waals surface area (Å²) in [6.45, 7) is 5.65. The van der Waals surface area contributed by atoms with Crippen molar-refractivity contribution in [3.63, 3.8) is 0 Å². The van der Waals surface area contributed by atoms with E-state index in [4.69, 9.17) is 4.74 Å². The third-order valence-electron chi connectivity index (χ3n) is 6.09. The van der Waals surface area contributed by atoms with Gasteiger partial charge in [0.05, 0.1) is 23.0 Å². The average molecular weight is 456 g/mol. The third kappa shape index (κ3) is 6.92. The molecule has 1 fully saturated rings. The monoisotopic (exact) mass is 455 g/mol. The molecule has 0 spiro atoms. The van der Waals surface area contributed by atoms with Crippen molar-refractivity contribution < 1.29 is 19.6 Å². The van der Waals surface area contributed by atoms with Gasteiger partial charge < -0.3 is 19.6 Å². The van der Waals surface area contributed by atoms with Crippen LogP contribution in [0.25, 0.3) is 0 Å². The summed E-state index contributed by atoms with van der Waals surface area (Å²) in [6, 6.07) is 14.1. The smallest absolute Gasteiger partial charge is 0.269 e. The number of benzene rings is 2. The number of piperidine rings is 1. The van der Waals surface area contributed by atoms with Gasteiger partial charge in [-0.25, -0.2) is 0 Å². The van der Waals surface area contributed by atoms with E-state index in [0.717, 1.165) is 11.4 Å². The molecule has 1 saturated heterocycles. The molecule has 1 aliphatic heterocycles. The van der Waals surface area contributed by atoms with Crippen molar-refractivity contribution in [2.45, 2.75) is 51.2 Å². The molecule has 0 unspecified atom stereocenters. The average Bonchev–Trinajstić information content (AvgIpc) is 2.78. The number of rotatable bonds is 9. The zero-order valence-corrected chi connectivity index (χ0v) is 19.6. The molecule has 0 atom stereocenters. The first kappa shape index (κ1) is 24.5. The molecule has 0 bridgehead atoms. The van der Waals surface area contributed by atoms with Crippen LogP contribution in [-0.2, 0) is 11.2 Å². The summed E-state index contributed by atoms with van der Waals surface area (Å²) in [5.74, 6) is 0.765. The third-order valence-corrected chi connectivity index (χ3v) is 6.09. The Morgan fingerprint density at radius 1 is 1.21 bits per heavy atom. The number of nitro groups is 1. The summed E-state index contributed by atoms with van der Waals surface area (Å²) < 4.78 is 5.68. The fourth-order valence-corrected chi connectivity index (χ4v) is 4.05. The number of hydrogen-bond acceptors (Lipinski definition) is 6. The maximum absolute atomic E-state index is 12.7. The highest BCUT2D eigenvalue weighted by Gasteiger charge is 2.33. The van der Waals surface area contributed by atoms with Crippen LogP contribution in [0.15, 0.2) is 48.5 Å². The number of carbonyl (C=O) groups is 1. The number of likely N-dealkylation sites (tertiary alicyclic amines) is 1. The van der Waals surface area contributed by atoms with E-state index in [0.29, 0.717) is 44.5 Å². The van der Waals surface area contributed by atoms with Crippen LogP contribution >= 0.6 is 0 Å². The van der Waals surface area contributed by atoms with Gasteiger partial charge in [0.15, 0.2) is 0 Å². The van der Waals surface area contributed by atoms with E-state index in [1.54, 1.807) is 17.0 Å². The lowest BCUT2D eigenvalue weighted by atomic mass is 9.87. The highest BCUT2D eigenvalue weighted by atomic mass is 16.6. The molecule has 0 aromatic heterocycles. The normalized spacial score (nSPS) is 15.4. The number of nitrogens with zero attached hydrogens (tertiary/aromatic N) is 3. The Morgan fingerprint density at radius 3 is 2.48 bits per heavy atom. The van der Waals surface area contributed by atoms with Crippen LogP contribution in [0, 0.1) is 10.1 Å². The van der Waals surface area contributed by atoms with Crippen LogP contribution in [0.4, 0.5) is 11.4 Å². The van der Waals surface area contributed by atoms with Crippen LogP contribution < -0.4 is 9.64 Å². The number of non-ortho nitro benzene ring substituents is 1. The van der Waals surface area contributed by atoms with E-state index in [2.05, 4.69) is 4.90 Å². The second-order valence-corrected chi connectivity index (χ2v) is 9.04. The van der Waals surface area contributed by atoms with Crippen LogP contribution in [-0.4, -0.2) is 59.2 Å². The minimum Gasteiger partial charge on any atom is -0.491 e. The van der Waals surface area contributed by atoms with Crippen molar-refractivity contribution in [1.82, 2.24) is 4.90 Å².